The van der Waals surface area contributed by atoms with Gasteiger partial charge in [-0.2, -0.15) is 0 Å². The zero-order chi connectivity index (χ0) is 16.5. The van der Waals surface area contributed by atoms with Gasteiger partial charge < -0.3 is 0 Å². The number of halogens is 2. The van der Waals surface area contributed by atoms with Crippen molar-refractivity contribution in [2.75, 3.05) is 0 Å². The molecule has 0 spiro atoms. The second-order valence-corrected chi connectivity index (χ2v) is 5.46. The van der Waals surface area contributed by atoms with Crippen LogP contribution in [0.2, 0.25) is 0 Å². The fourth-order valence-electron chi connectivity index (χ4n) is 2.27. The first-order valence-electron chi connectivity index (χ1n) is 7.86. The third-order valence-corrected chi connectivity index (χ3v) is 3.60. The van der Waals surface area contributed by atoms with Crippen LogP contribution < -0.4 is 0 Å². The van der Waals surface area contributed by atoms with Gasteiger partial charge in [-0.05, 0) is 61.6 Å². The van der Waals surface area contributed by atoms with Crippen LogP contribution in [0.15, 0.2) is 55.1 Å². The zero-order valence-corrected chi connectivity index (χ0v) is 13.1. The van der Waals surface area contributed by atoms with E-state index in [-0.39, 0.29) is 0 Å². The van der Waals surface area contributed by atoms with Crippen molar-refractivity contribution in [1.29, 1.82) is 0 Å². The van der Waals surface area contributed by atoms with E-state index >= 15 is 0 Å². The first-order valence-corrected chi connectivity index (χ1v) is 7.86. The number of hydrogen-bond acceptors (Lipinski definition) is 0. The molecule has 0 aliphatic carbocycles. The Morgan fingerprint density at radius 3 is 2.22 bits per heavy atom. The van der Waals surface area contributed by atoms with Gasteiger partial charge in [0, 0.05) is 11.1 Å². The van der Waals surface area contributed by atoms with Crippen molar-refractivity contribution in [3.8, 4) is 11.8 Å². The molecule has 0 N–H and O–H groups in total. The molecule has 0 radical (unpaired) electrons. The van der Waals surface area contributed by atoms with Crippen molar-refractivity contribution < 1.29 is 8.78 Å². The molecule has 2 heteroatoms. The number of hydrogen-bond donors (Lipinski definition) is 0. The molecule has 118 valence electrons. The third-order valence-electron chi connectivity index (χ3n) is 3.60. The summed E-state index contributed by atoms with van der Waals surface area (Å²) in [4.78, 5) is 0. The summed E-state index contributed by atoms with van der Waals surface area (Å²) in [5, 5.41) is 0. The maximum Gasteiger partial charge on any atom is 0.160 e. The second kappa shape index (κ2) is 8.90. The van der Waals surface area contributed by atoms with Crippen LogP contribution in [0.3, 0.4) is 0 Å². The highest BCUT2D eigenvalue weighted by molar-refractivity contribution is 5.43. The molecule has 2 aromatic carbocycles. The number of rotatable bonds is 6. The molecule has 2 rings (SSSR count). The Morgan fingerprint density at radius 2 is 1.52 bits per heavy atom. The number of unbranched alkanes of at least 4 members (excludes halogenated alkanes) is 3. The van der Waals surface area contributed by atoms with Crippen LogP contribution in [0.1, 0.15) is 42.4 Å². The van der Waals surface area contributed by atoms with Crippen molar-refractivity contribution in [3.05, 3.63) is 83.4 Å². The maximum atomic E-state index is 13.1. The first-order chi connectivity index (χ1) is 11.2. The lowest BCUT2D eigenvalue weighted by Crippen LogP contribution is -1.87. The minimum atomic E-state index is -0.872. The Kier molecular flexibility index (Phi) is 6.56. The molecule has 0 heterocycles. The summed E-state index contributed by atoms with van der Waals surface area (Å²) in [6.45, 7) is 3.72. The van der Waals surface area contributed by atoms with Gasteiger partial charge in [-0.25, -0.2) is 8.78 Å². The molecule has 23 heavy (non-hydrogen) atoms. The third kappa shape index (κ3) is 5.71. The van der Waals surface area contributed by atoms with Crippen LogP contribution in [0, 0.1) is 23.5 Å². The Bertz CT molecular complexity index is 703. The van der Waals surface area contributed by atoms with E-state index in [1.54, 1.807) is 0 Å². The van der Waals surface area contributed by atoms with E-state index < -0.39 is 11.6 Å². The zero-order valence-electron chi connectivity index (χ0n) is 13.1. The molecule has 0 aliphatic heterocycles. The second-order valence-electron chi connectivity index (χ2n) is 5.46. The van der Waals surface area contributed by atoms with Crippen molar-refractivity contribution in [1.82, 2.24) is 0 Å². The van der Waals surface area contributed by atoms with Gasteiger partial charge >= 0.3 is 0 Å². The van der Waals surface area contributed by atoms with Gasteiger partial charge in [-0.3, -0.25) is 0 Å². The van der Waals surface area contributed by atoms with Crippen molar-refractivity contribution >= 4 is 0 Å². The largest absolute Gasteiger partial charge is 0.204 e. The van der Waals surface area contributed by atoms with Crippen LogP contribution in [-0.4, -0.2) is 0 Å². The Hall–Kier alpha value is -2.40. The minimum Gasteiger partial charge on any atom is -0.204 e. The van der Waals surface area contributed by atoms with Gasteiger partial charge in [0.25, 0.3) is 0 Å². The van der Waals surface area contributed by atoms with Gasteiger partial charge in [-0.15, -0.1) is 6.58 Å². The lowest BCUT2D eigenvalue weighted by molar-refractivity contribution is 0.508. The smallest absolute Gasteiger partial charge is 0.160 e. The molecule has 0 aliphatic rings. The fraction of sp³-hybridized carbons (Fsp3) is 0.238. The fourth-order valence-corrected chi connectivity index (χ4v) is 2.27. The van der Waals surface area contributed by atoms with E-state index in [9.17, 15) is 8.78 Å². The van der Waals surface area contributed by atoms with Crippen molar-refractivity contribution in [2.24, 2.45) is 0 Å². The molecule has 0 fully saturated rings. The molecule has 0 unspecified atom stereocenters. The predicted molar refractivity (Wildman–Crippen MR) is 91.1 cm³/mol. The van der Waals surface area contributed by atoms with Crippen LogP contribution in [0.5, 0.6) is 0 Å². The molecular weight excluding hydrogens is 290 g/mol. The molecule has 2 aromatic rings. The number of benzene rings is 2. The van der Waals surface area contributed by atoms with Crippen LogP contribution in [0.4, 0.5) is 8.78 Å². The van der Waals surface area contributed by atoms with E-state index in [0.717, 1.165) is 30.5 Å². The molecular formula is C21H20F2. The average molecular weight is 310 g/mol. The van der Waals surface area contributed by atoms with Crippen molar-refractivity contribution in [2.45, 2.75) is 32.1 Å². The summed E-state index contributed by atoms with van der Waals surface area (Å²) >= 11 is 0. The summed E-state index contributed by atoms with van der Waals surface area (Å²) in [6.07, 6.45) is 7.69. The van der Waals surface area contributed by atoms with E-state index in [2.05, 4.69) is 30.6 Å². The number of aryl methyl sites for hydroxylation is 1. The van der Waals surface area contributed by atoms with E-state index in [0.29, 0.717) is 5.56 Å². The maximum absolute atomic E-state index is 13.1. The molecule has 0 nitrogen and oxygen atoms in total. The molecule has 0 amide bonds. The lowest BCUT2D eigenvalue weighted by Gasteiger charge is -2.01. The van der Waals surface area contributed by atoms with E-state index in [1.165, 1.54) is 30.9 Å². The highest BCUT2D eigenvalue weighted by Gasteiger charge is 2.00. The summed E-state index contributed by atoms with van der Waals surface area (Å²) in [6, 6.07) is 11.8. The van der Waals surface area contributed by atoms with E-state index in [4.69, 9.17) is 0 Å². The topological polar surface area (TPSA) is 0 Å². The van der Waals surface area contributed by atoms with Gasteiger partial charge in [0.2, 0.25) is 0 Å². The lowest BCUT2D eigenvalue weighted by atomic mass is 10.0. The van der Waals surface area contributed by atoms with Crippen LogP contribution in [0.25, 0.3) is 0 Å². The van der Waals surface area contributed by atoms with Gasteiger partial charge in [0.15, 0.2) is 11.6 Å². The highest BCUT2D eigenvalue weighted by atomic mass is 19.2. The number of allylic oxidation sites excluding steroid dienone is 1. The van der Waals surface area contributed by atoms with Gasteiger partial charge in [0.05, 0.1) is 0 Å². The minimum absolute atomic E-state index is 0.468. The SMILES string of the molecule is C=CCCCCCc1ccc(C#Cc2ccc(F)c(F)c2)cc1. The summed E-state index contributed by atoms with van der Waals surface area (Å²) in [5.74, 6) is 4.09. The molecule has 0 saturated carbocycles. The summed E-state index contributed by atoms with van der Waals surface area (Å²) < 4.78 is 26.0. The Labute approximate surface area is 136 Å². The van der Waals surface area contributed by atoms with E-state index in [1.807, 2.05) is 18.2 Å². The quantitative estimate of drug-likeness (QED) is 0.367. The molecule has 0 atom stereocenters. The predicted octanol–water partition coefficient (Wildman–Crippen LogP) is 5.65. The average Bonchev–Trinajstić information content (AvgIpc) is 2.57. The van der Waals surface area contributed by atoms with Crippen molar-refractivity contribution in [3.63, 3.8) is 0 Å². The Morgan fingerprint density at radius 1 is 0.826 bits per heavy atom. The first kappa shape index (κ1) is 17.0. The Balaban J connectivity index is 1.91. The molecule has 0 saturated heterocycles. The molecule has 0 bridgehead atoms. The van der Waals surface area contributed by atoms with Gasteiger partial charge in [-0.1, -0.05) is 36.5 Å². The van der Waals surface area contributed by atoms with Crippen LogP contribution in [-0.2, 0) is 6.42 Å². The highest BCUT2D eigenvalue weighted by Crippen LogP contribution is 2.11. The standard InChI is InChI=1S/C21H20F2/c1-2-3-4-5-6-7-17-8-10-18(11-9-17)12-13-19-14-15-20(22)21(23)16-19/h2,8-11,14-16H,1,3-7H2. The molecule has 0 aromatic heterocycles. The summed E-state index contributed by atoms with van der Waals surface area (Å²) in [5.41, 5.74) is 2.63. The summed E-state index contributed by atoms with van der Waals surface area (Å²) in [7, 11) is 0. The van der Waals surface area contributed by atoms with Crippen LogP contribution >= 0.6 is 0 Å². The monoisotopic (exact) mass is 310 g/mol. The normalized spacial score (nSPS) is 10.0. The van der Waals surface area contributed by atoms with Gasteiger partial charge in [0.1, 0.15) is 0 Å².